The number of hydrogen-bond donors (Lipinski definition) is 1. The summed E-state index contributed by atoms with van der Waals surface area (Å²) in [4.78, 5) is 12.3. The zero-order chi connectivity index (χ0) is 15.5. The fourth-order valence-corrected chi connectivity index (χ4v) is 2.41. The second kappa shape index (κ2) is 5.93. The van der Waals surface area contributed by atoms with E-state index in [0.29, 0.717) is 17.9 Å². The van der Waals surface area contributed by atoms with Gasteiger partial charge in [0.15, 0.2) is 0 Å². The van der Waals surface area contributed by atoms with Gasteiger partial charge in [-0.3, -0.25) is 9.48 Å². The average molecular weight is 299 g/mol. The number of carbonyl (C=O) groups excluding carboxylic acids is 1. The van der Waals surface area contributed by atoms with Crippen LogP contribution in [0.1, 0.15) is 33.7 Å². The van der Waals surface area contributed by atoms with Gasteiger partial charge < -0.3 is 14.2 Å². The van der Waals surface area contributed by atoms with Crippen molar-refractivity contribution in [3.05, 3.63) is 65.8 Å². The van der Waals surface area contributed by atoms with Crippen molar-refractivity contribution < 1.29 is 13.6 Å². The first kappa shape index (κ1) is 14.2. The molecule has 0 aliphatic rings. The maximum atomic E-state index is 12.3. The molecule has 6 nitrogen and oxygen atoms in total. The Morgan fingerprint density at radius 2 is 2.27 bits per heavy atom. The summed E-state index contributed by atoms with van der Waals surface area (Å²) in [5.41, 5.74) is 0.552. The minimum atomic E-state index is -0.192. The van der Waals surface area contributed by atoms with Gasteiger partial charge in [0.05, 0.1) is 11.8 Å². The van der Waals surface area contributed by atoms with Crippen LogP contribution in [-0.4, -0.2) is 22.2 Å². The topological polar surface area (TPSA) is 73.2 Å². The molecule has 3 aromatic heterocycles. The second-order valence-electron chi connectivity index (χ2n) is 5.05. The number of furan rings is 2. The zero-order valence-electron chi connectivity index (χ0n) is 12.4. The molecule has 1 amide bonds. The predicted octanol–water partition coefficient (Wildman–Crippen LogP) is 2.71. The summed E-state index contributed by atoms with van der Waals surface area (Å²) in [7, 11) is 0. The molecule has 1 N–H and O–H groups in total. The van der Waals surface area contributed by atoms with E-state index in [4.69, 9.17) is 8.83 Å². The van der Waals surface area contributed by atoms with Crippen LogP contribution in [0, 0.1) is 13.8 Å². The van der Waals surface area contributed by atoms with Crippen molar-refractivity contribution in [2.75, 3.05) is 6.54 Å². The monoisotopic (exact) mass is 299 g/mol. The molecule has 0 saturated carbocycles. The molecule has 3 heterocycles. The van der Waals surface area contributed by atoms with Crippen LogP contribution in [0.25, 0.3) is 0 Å². The number of rotatable bonds is 5. The fraction of sp³-hybridized carbons (Fsp3) is 0.250. The van der Waals surface area contributed by atoms with Crippen molar-refractivity contribution >= 4 is 5.91 Å². The Labute approximate surface area is 127 Å². The Bertz CT molecular complexity index is 708. The SMILES string of the molecule is Cc1cc(C(=O)NCC(c2ccco2)n2cccn2)c(C)o1. The smallest absolute Gasteiger partial charge is 0.254 e. The summed E-state index contributed by atoms with van der Waals surface area (Å²) in [6, 6.07) is 7.06. The molecule has 0 aliphatic carbocycles. The molecule has 0 bridgehead atoms. The molecular weight excluding hydrogens is 282 g/mol. The number of nitrogens with zero attached hydrogens (tertiary/aromatic N) is 2. The van der Waals surface area contributed by atoms with Crippen molar-refractivity contribution in [3.8, 4) is 0 Å². The summed E-state index contributed by atoms with van der Waals surface area (Å²) < 4.78 is 12.6. The molecule has 1 atom stereocenters. The van der Waals surface area contributed by atoms with Crippen molar-refractivity contribution in [1.29, 1.82) is 0 Å². The first-order valence-corrected chi connectivity index (χ1v) is 7.03. The van der Waals surface area contributed by atoms with Gasteiger partial charge >= 0.3 is 0 Å². The van der Waals surface area contributed by atoms with Gasteiger partial charge in [-0.15, -0.1) is 0 Å². The van der Waals surface area contributed by atoms with Crippen LogP contribution in [0.5, 0.6) is 0 Å². The third-order valence-corrected chi connectivity index (χ3v) is 3.46. The molecule has 0 aromatic carbocycles. The average Bonchev–Trinajstić information content (AvgIpc) is 3.21. The van der Waals surface area contributed by atoms with Crippen molar-refractivity contribution in [3.63, 3.8) is 0 Å². The van der Waals surface area contributed by atoms with E-state index in [1.807, 2.05) is 31.3 Å². The van der Waals surface area contributed by atoms with E-state index in [1.54, 1.807) is 30.1 Å². The van der Waals surface area contributed by atoms with Gasteiger partial charge in [-0.2, -0.15) is 5.10 Å². The third-order valence-electron chi connectivity index (χ3n) is 3.46. The van der Waals surface area contributed by atoms with Crippen LogP contribution >= 0.6 is 0 Å². The highest BCUT2D eigenvalue weighted by Gasteiger charge is 2.20. The maximum absolute atomic E-state index is 12.3. The van der Waals surface area contributed by atoms with Crippen LogP contribution in [0.2, 0.25) is 0 Å². The van der Waals surface area contributed by atoms with Gasteiger partial charge in [0, 0.05) is 18.9 Å². The number of nitrogens with one attached hydrogen (secondary N) is 1. The van der Waals surface area contributed by atoms with Crippen LogP contribution in [0.3, 0.4) is 0 Å². The molecule has 0 aliphatic heterocycles. The third kappa shape index (κ3) is 2.81. The number of aryl methyl sites for hydroxylation is 2. The fourth-order valence-electron chi connectivity index (χ4n) is 2.41. The maximum Gasteiger partial charge on any atom is 0.254 e. The van der Waals surface area contributed by atoms with Crippen LogP contribution < -0.4 is 5.32 Å². The highest BCUT2D eigenvalue weighted by molar-refractivity contribution is 5.95. The largest absolute Gasteiger partial charge is 0.467 e. The highest BCUT2D eigenvalue weighted by Crippen LogP contribution is 2.18. The lowest BCUT2D eigenvalue weighted by atomic mass is 10.2. The Balaban J connectivity index is 1.75. The van der Waals surface area contributed by atoms with Crippen molar-refractivity contribution in [2.24, 2.45) is 0 Å². The molecular formula is C16H17N3O3. The van der Waals surface area contributed by atoms with E-state index in [0.717, 1.165) is 11.5 Å². The molecule has 0 spiro atoms. The molecule has 3 rings (SSSR count). The summed E-state index contributed by atoms with van der Waals surface area (Å²) in [6.07, 6.45) is 5.14. The molecule has 114 valence electrons. The number of carbonyl (C=O) groups is 1. The highest BCUT2D eigenvalue weighted by atomic mass is 16.3. The van der Waals surface area contributed by atoms with E-state index in [2.05, 4.69) is 10.4 Å². The van der Waals surface area contributed by atoms with Gasteiger partial charge in [0.1, 0.15) is 23.3 Å². The van der Waals surface area contributed by atoms with Crippen LogP contribution in [0.15, 0.2) is 51.8 Å². The normalized spacial score (nSPS) is 12.3. The Morgan fingerprint density at radius 1 is 1.41 bits per heavy atom. The van der Waals surface area contributed by atoms with Crippen molar-refractivity contribution in [2.45, 2.75) is 19.9 Å². The molecule has 22 heavy (non-hydrogen) atoms. The van der Waals surface area contributed by atoms with Crippen LogP contribution in [-0.2, 0) is 0 Å². The number of amides is 1. The lowest BCUT2D eigenvalue weighted by Crippen LogP contribution is -2.31. The minimum absolute atomic E-state index is 0.168. The Kier molecular flexibility index (Phi) is 3.82. The lowest BCUT2D eigenvalue weighted by molar-refractivity contribution is 0.0946. The summed E-state index contributed by atoms with van der Waals surface area (Å²) >= 11 is 0. The van der Waals surface area contributed by atoms with Gasteiger partial charge in [-0.1, -0.05) is 0 Å². The number of aromatic nitrogens is 2. The zero-order valence-corrected chi connectivity index (χ0v) is 12.4. The standard InChI is InChI=1S/C16H17N3O3/c1-11-9-13(12(2)22-11)16(20)17-10-14(15-5-3-8-21-15)19-7-4-6-18-19/h3-9,14H,10H2,1-2H3,(H,17,20). The molecule has 0 saturated heterocycles. The van der Waals surface area contributed by atoms with E-state index in [9.17, 15) is 4.79 Å². The van der Waals surface area contributed by atoms with Gasteiger partial charge in [-0.05, 0) is 38.1 Å². The van der Waals surface area contributed by atoms with Crippen LogP contribution in [0.4, 0.5) is 0 Å². The van der Waals surface area contributed by atoms with Gasteiger partial charge in [-0.25, -0.2) is 0 Å². The van der Waals surface area contributed by atoms with Gasteiger partial charge in [0.25, 0.3) is 5.91 Å². The molecule has 0 radical (unpaired) electrons. The van der Waals surface area contributed by atoms with Gasteiger partial charge in [0.2, 0.25) is 0 Å². The summed E-state index contributed by atoms with van der Waals surface area (Å²) in [5.74, 6) is 1.91. The molecule has 3 aromatic rings. The summed E-state index contributed by atoms with van der Waals surface area (Å²) in [6.45, 7) is 3.97. The predicted molar refractivity (Wildman–Crippen MR) is 79.6 cm³/mol. The second-order valence-corrected chi connectivity index (χ2v) is 5.05. The Morgan fingerprint density at radius 3 is 2.86 bits per heavy atom. The quantitative estimate of drug-likeness (QED) is 0.786. The van der Waals surface area contributed by atoms with E-state index < -0.39 is 0 Å². The van der Waals surface area contributed by atoms with E-state index in [-0.39, 0.29) is 11.9 Å². The number of hydrogen-bond acceptors (Lipinski definition) is 4. The minimum Gasteiger partial charge on any atom is -0.467 e. The Hall–Kier alpha value is -2.76. The molecule has 6 heteroatoms. The van der Waals surface area contributed by atoms with E-state index >= 15 is 0 Å². The first-order chi connectivity index (χ1) is 10.6. The molecule has 1 unspecified atom stereocenters. The molecule has 0 fully saturated rings. The first-order valence-electron chi connectivity index (χ1n) is 7.03. The summed E-state index contributed by atoms with van der Waals surface area (Å²) in [5, 5.41) is 7.14. The lowest BCUT2D eigenvalue weighted by Gasteiger charge is -2.16. The van der Waals surface area contributed by atoms with E-state index in [1.165, 1.54) is 0 Å². The van der Waals surface area contributed by atoms with Crippen molar-refractivity contribution in [1.82, 2.24) is 15.1 Å².